The van der Waals surface area contributed by atoms with Gasteiger partial charge in [-0.15, -0.1) is 0 Å². The van der Waals surface area contributed by atoms with E-state index in [1.165, 1.54) is 58.5 Å². The third kappa shape index (κ3) is 4.23. The smallest absolute Gasteiger partial charge is 0.0112 e. The maximum Gasteiger partial charge on any atom is 0.0112 e. The number of nitrogens with zero attached hydrogens (tertiary/aromatic N) is 2. The predicted octanol–water partition coefficient (Wildman–Crippen LogP) is 1.40. The molecule has 17 heavy (non-hydrogen) atoms. The van der Waals surface area contributed by atoms with Crippen molar-refractivity contribution < 1.29 is 0 Å². The number of likely N-dealkylation sites (tertiary alicyclic amines) is 1. The average Bonchev–Trinajstić information content (AvgIpc) is 3.08. The Labute approximate surface area is 107 Å². The standard InChI is InChI=1S/C14H29N3/c1-3-15-11-13-7-8-16(12-13)9-10-17(4-2)14-5-6-14/h13-15H,3-12H2,1-2H3. The number of likely N-dealkylation sites (N-methyl/N-ethyl adjacent to an activating group) is 1. The minimum atomic E-state index is 0.894. The molecule has 1 saturated heterocycles. The first kappa shape index (κ1) is 13.3. The van der Waals surface area contributed by atoms with Gasteiger partial charge in [-0.2, -0.15) is 0 Å². The molecule has 0 radical (unpaired) electrons. The zero-order valence-electron chi connectivity index (χ0n) is 11.6. The van der Waals surface area contributed by atoms with Crippen LogP contribution in [0.1, 0.15) is 33.1 Å². The number of hydrogen-bond acceptors (Lipinski definition) is 3. The summed E-state index contributed by atoms with van der Waals surface area (Å²) in [6.07, 6.45) is 4.27. The van der Waals surface area contributed by atoms with Crippen LogP contribution in [0, 0.1) is 5.92 Å². The highest BCUT2D eigenvalue weighted by molar-refractivity contribution is 4.85. The zero-order chi connectivity index (χ0) is 12.1. The van der Waals surface area contributed by atoms with Gasteiger partial charge in [0.25, 0.3) is 0 Å². The summed E-state index contributed by atoms with van der Waals surface area (Å²) in [6.45, 7) is 13.3. The topological polar surface area (TPSA) is 18.5 Å². The van der Waals surface area contributed by atoms with Gasteiger partial charge >= 0.3 is 0 Å². The molecule has 2 rings (SSSR count). The van der Waals surface area contributed by atoms with Crippen molar-refractivity contribution in [2.24, 2.45) is 5.92 Å². The molecule has 0 bridgehead atoms. The van der Waals surface area contributed by atoms with Gasteiger partial charge in [-0.25, -0.2) is 0 Å². The molecule has 3 nitrogen and oxygen atoms in total. The van der Waals surface area contributed by atoms with Gasteiger partial charge in [-0.3, -0.25) is 4.90 Å². The van der Waals surface area contributed by atoms with E-state index in [-0.39, 0.29) is 0 Å². The Kier molecular flexibility index (Phi) is 5.26. The van der Waals surface area contributed by atoms with Crippen LogP contribution in [0.25, 0.3) is 0 Å². The second-order valence-electron chi connectivity index (χ2n) is 5.62. The van der Waals surface area contributed by atoms with E-state index in [1.807, 2.05) is 0 Å². The van der Waals surface area contributed by atoms with E-state index in [1.54, 1.807) is 0 Å². The summed E-state index contributed by atoms with van der Waals surface area (Å²) in [7, 11) is 0. The summed E-state index contributed by atoms with van der Waals surface area (Å²) in [4.78, 5) is 5.32. The van der Waals surface area contributed by atoms with Crippen LogP contribution in [0.5, 0.6) is 0 Å². The van der Waals surface area contributed by atoms with Crippen LogP contribution < -0.4 is 5.32 Å². The third-order valence-electron chi connectivity index (χ3n) is 4.23. The van der Waals surface area contributed by atoms with Crippen molar-refractivity contribution in [3.8, 4) is 0 Å². The van der Waals surface area contributed by atoms with Crippen molar-refractivity contribution in [1.82, 2.24) is 15.1 Å². The van der Waals surface area contributed by atoms with E-state index in [4.69, 9.17) is 0 Å². The Morgan fingerprint density at radius 2 is 2.06 bits per heavy atom. The summed E-state index contributed by atoms with van der Waals surface area (Å²) >= 11 is 0. The highest BCUT2D eigenvalue weighted by atomic mass is 15.2. The molecular formula is C14H29N3. The first-order valence-electron chi connectivity index (χ1n) is 7.50. The Balaban J connectivity index is 1.60. The minimum Gasteiger partial charge on any atom is -0.317 e. The number of hydrogen-bond donors (Lipinski definition) is 1. The SMILES string of the molecule is CCNCC1CCN(CCN(CC)C2CC2)C1. The molecule has 1 N–H and O–H groups in total. The van der Waals surface area contributed by atoms with Crippen molar-refractivity contribution in [3.63, 3.8) is 0 Å². The van der Waals surface area contributed by atoms with E-state index < -0.39 is 0 Å². The van der Waals surface area contributed by atoms with Gasteiger partial charge in [0.05, 0.1) is 0 Å². The molecule has 0 aromatic rings. The molecular weight excluding hydrogens is 210 g/mol. The molecule has 2 aliphatic rings. The Hall–Kier alpha value is -0.120. The van der Waals surface area contributed by atoms with Crippen molar-refractivity contribution in [3.05, 3.63) is 0 Å². The fourth-order valence-corrected chi connectivity index (χ4v) is 2.94. The van der Waals surface area contributed by atoms with E-state index in [2.05, 4.69) is 29.0 Å². The van der Waals surface area contributed by atoms with Gasteiger partial charge in [-0.1, -0.05) is 13.8 Å². The van der Waals surface area contributed by atoms with E-state index in [9.17, 15) is 0 Å². The Morgan fingerprint density at radius 1 is 1.24 bits per heavy atom. The highest BCUT2D eigenvalue weighted by Crippen LogP contribution is 2.26. The zero-order valence-corrected chi connectivity index (χ0v) is 11.6. The molecule has 1 aliphatic heterocycles. The number of nitrogens with one attached hydrogen (secondary N) is 1. The summed E-state index contributed by atoms with van der Waals surface area (Å²) < 4.78 is 0. The fourth-order valence-electron chi connectivity index (χ4n) is 2.94. The Morgan fingerprint density at radius 3 is 2.71 bits per heavy atom. The Bertz CT molecular complexity index is 216. The normalized spacial score (nSPS) is 25.9. The second kappa shape index (κ2) is 6.72. The fraction of sp³-hybridized carbons (Fsp3) is 1.00. The largest absolute Gasteiger partial charge is 0.317 e. The lowest BCUT2D eigenvalue weighted by Crippen LogP contribution is -2.35. The first-order chi connectivity index (χ1) is 8.33. The summed E-state index contributed by atoms with van der Waals surface area (Å²) in [5.74, 6) is 0.894. The molecule has 100 valence electrons. The molecule has 1 saturated carbocycles. The second-order valence-corrected chi connectivity index (χ2v) is 5.62. The third-order valence-corrected chi connectivity index (χ3v) is 4.23. The maximum absolute atomic E-state index is 3.48. The molecule has 0 spiro atoms. The van der Waals surface area contributed by atoms with Gasteiger partial charge in [0.15, 0.2) is 0 Å². The quantitative estimate of drug-likeness (QED) is 0.691. The van der Waals surface area contributed by atoms with Crippen LogP contribution in [-0.4, -0.2) is 61.7 Å². The molecule has 0 aromatic carbocycles. The predicted molar refractivity (Wildman–Crippen MR) is 73.4 cm³/mol. The van der Waals surface area contributed by atoms with Crippen LogP contribution in [0.15, 0.2) is 0 Å². The lowest BCUT2D eigenvalue weighted by molar-refractivity contribution is 0.222. The lowest BCUT2D eigenvalue weighted by Gasteiger charge is -2.24. The minimum absolute atomic E-state index is 0.894. The molecule has 1 heterocycles. The molecule has 0 amide bonds. The monoisotopic (exact) mass is 239 g/mol. The van der Waals surface area contributed by atoms with Crippen molar-refractivity contribution in [2.45, 2.75) is 39.2 Å². The molecule has 1 aliphatic carbocycles. The van der Waals surface area contributed by atoms with Crippen molar-refractivity contribution in [2.75, 3.05) is 45.8 Å². The van der Waals surface area contributed by atoms with Gasteiger partial charge in [-0.05, 0) is 51.4 Å². The van der Waals surface area contributed by atoms with Gasteiger partial charge in [0.2, 0.25) is 0 Å². The maximum atomic E-state index is 3.48. The van der Waals surface area contributed by atoms with Gasteiger partial charge in [0.1, 0.15) is 0 Å². The van der Waals surface area contributed by atoms with Crippen LogP contribution in [0.4, 0.5) is 0 Å². The van der Waals surface area contributed by atoms with E-state index in [0.29, 0.717) is 0 Å². The van der Waals surface area contributed by atoms with Gasteiger partial charge in [0, 0.05) is 25.7 Å². The van der Waals surface area contributed by atoms with Gasteiger partial charge < -0.3 is 10.2 Å². The average molecular weight is 239 g/mol. The molecule has 1 unspecified atom stereocenters. The molecule has 1 atom stereocenters. The lowest BCUT2D eigenvalue weighted by atomic mass is 10.1. The highest BCUT2D eigenvalue weighted by Gasteiger charge is 2.28. The first-order valence-corrected chi connectivity index (χ1v) is 7.50. The summed E-state index contributed by atoms with van der Waals surface area (Å²) in [5.41, 5.74) is 0. The van der Waals surface area contributed by atoms with Crippen LogP contribution in [0.2, 0.25) is 0 Å². The molecule has 3 heteroatoms. The summed E-state index contributed by atoms with van der Waals surface area (Å²) in [5, 5.41) is 3.48. The van der Waals surface area contributed by atoms with Crippen LogP contribution in [0.3, 0.4) is 0 Å². The van der Waals surface area contributed by atoms with E-state index >= 15 is 0 Å². The van der Waals surface area contributed by atoms with Crippen LogP contribution >= 0.6 is 0 Å². The molecule has 2 fully saturated rings. The number of rotatable bonds is 8. The summed E-state index contributed by atoms with van der Waals surface area (Å²) in [6, 6.07) is 0.931. The molecule has 0 aromatic heterocycles. The van der Waals surface area contributed by atoms with Crippen LogP contribution in [-0.2, 0) is 0 Å². The van der Waals surface area contributed by atoms with Crippen molar-refractivity contribution >= 4 is 0 Å². The van der Waals surface area contributed by atoms with Crippen molar-refractivity contribution in [1.29, 1.82) is 0 Å². The van der Waals surface area contributed by atoms with E-state index in [0.717, 1.165) is 18.5 Å².